The van der Waals surface area contributed by atoms with Gasteiger partial charge in [0.2, 0.25) is 0 Å². The first-order chi connectivity index (χ1) is 14.2. The van der Waals surface area contributed by atoms with Gasteiger partial charge in [0, 0.05) is 55.9 Å². The van der Waals surface area contributed by atoms with Crippen molar-refractivity contribution in [3.05, 3.63) is 23.9 Å². The number of aromatic nitrogens is 5. The zero-order chi connectivity index (χ0) is 21.4. The summed E-state index contributed by atoms with van der Waals surface area (Å²) in [5.74, 6) is 3.18. The molecule has 2 fully saturated rings. The zero-order valence-corrected chi connectivity index (χ0v) is 19.9. The van der Waals surface area contributed by atoms with Crippen molar-refractivity contribution < 1.29 is 0 Å². The van der Waals surface area contributed by atoms with Crippen molar-refractivity contribution in [1.82, 2.24) is 29.6 Å². The third kappa shape index (κ3) is 4.97. The third-order valence-corrected chi connectivity index (χ3v) is 7.34. The summed E-state index contributed by atoms with van der Waals surface area (Å²) in [4.78, 5) is 15.0. The van der Waals surface area contributed by atoms with Gasteiger partial charge in [0.25, 0.3) is 0 Å². The summed E-state index contributed by atoms with van der Waals surface area (Å²) in [5.41, 5.74) is 1.47. The largest absolute Gasteiger partial charge is 0.354 e. The molecular weight excluding hydrogens is 394 g/mol. The van der Waals surface area contributed by atoms with Gasteiger partial charge in [-0.15, -0.1) is 10.2 Å². The van der Waals surface area contributed by atoms with Gasteiger partial charge >= 0.3 is 0 Å². The van der Waals surface area contributed by atoms with Crippen LogP contribution in [0, 0.1) is 0 Å². The normalized spacial score (nSPS) is 19.3. The molecule has 4 rings (SSSR count). The van der Waals surface area contributed by atoms with E-state index in [1.54, 1.807) is 18.1 Å². The van der Waals surface area contributed by atoms with Gasteiger partial charge in [-0.05, 0) is 25.8 Å². The van der Waals surface area contributed by atoms with Crippen LogP contribution in [0.2, 0.25) is 0 Å². The minimum absolute atomic E-state index is 0.0295. The SMILES string of the molecule is Cn1cnnc1SCCCN1CCN(c2cc(C3(C)CC3)nc(C(C)(C)C)n2)CC1. The number of thioether (sulfide) groups is 1. The van der Waals surface area contributed by atoms with Crippen LogP contribution in [0.5, 0.6) is 0 Å². The Bertz CT molecular complexity index is 837. The number of nitrogens with zero attached hydrogens (tertiary/aromatic N) is 7. The molecule has 0 amide bonds. The quantitative estimate of drug-likeness (QED) is 0.494. The van der Waals surface area contributed by atoms with Gasteiger partial charge < -0.3 is 9.47 Å². The fraction of sp³-hybridized carbons (Fsp3) is 0.727. The van der Waals surface area contributed by atoms with Crippen LogP contribution >= 0.6 is 11.8 Å². The van der Waals surface area contributed by atoms with Gasteiger partial charge in [-0.25, -0.2) is 9.97 Å². The number of rotatable bonds is 7. The lowest BCUT2D eigenvalue weighted by molar-refractivity contribution is 0.258. The lowest BCUT2D eigenvalue weighted by Crippen LogP contribution is -2.47. The highest BCUT2D eigenvalue weighted by Crippen LogP contribution is 2.47. The molecule has 164 valence electrons. The van der Waals surface area contributed by atoms with Crippen molar-refractivity contribution in [3.8, 4) is 0 Å². The minimum Gasteiger partial charge on any atom is -0.354 e. The van der Waals surface area contributed by atoms with Crippen LogP contribution in [0.1, 0.15) is 58.5 Å². The summed E-state index contributed by atoms with van der Waals surface area (Å²) in [6.45, 7) is 14.4. The predicted octanol–water partition coefficient (Wildman–Crippen LogP) is 3.26. The Kier molecular flexibility index (Phi) is 6.08. The van der Waals surface area contributed by atoms with E-state index >= 15 is 0 Å². The number of piperazine rings is 1. The third-order valence-electron chi connectivity index (χ3n) is 6.22. The molecule has 1 aliphatic heterocycles. The topological polar surface area (TPSA) is 63.0 Å². The summed E-state index contributed by atoms with van der Waals surface area (Å²) in [6.07, 6.45) is 5.41. The van der Waals surface area contributed by atoms with Gasteiger partial charge in [-0.3, -0.25) is 4.90 Å². The average Bonchev–Trinajstić information content (AvgIpc) is 3.35. The summed E-state index contributed by atoms with van der Waals surface area (Å²) >= 11 is 1.79. The molecule has 0 unspecified atom stereocenters. The van der Waals surface area contributed by atoms with Gasteiger partial charge in [-0.2, -0.15) is 0 Å². The molecule has 0 atom stereocenters. The van der Waals surface area contributed by atoms with E-state index in [9.17, 15) is 0 Å². The van der Waals surface area contributed by atoms with Gasteiger partial charge in [0.1, 0.15) is 18.0 Å². The fourth-order valence-electron chi connectivity index (χ4n) is 3.74. The maximum atomic E-state index is 4.98. The van der Waals surface area contributed by atoms with Crippen LogP contribution in [0.15, 0.2) is 17.6 Å². The molecule has 0 bridgehead atoms. The average molecular weight is 430 g/mol. The molecule has 2 aliphatic rings. The monoisotopic (exact) mass is 429 g/mol. The van der Waals surface area contributed by atoms with Crippen molar-refractivity contribution in [1.29, 1.82) is 0 Å². The number of hydrogen-bond acceptors (Lipinski definition) is 7. The predicted molar refractivity (Wildman–Crippen MR) is 122 cm³/mol. The fourth-order valence-corrected chi connectivity index (χ4v) is 4.55. The summed E-state index contributed by atoms with van der Waals surface area (Å²) in [5, 5.41) is 9.08. The molecular formula is C22H35N7S. The first kappa shape index (κ1) is 21.6. The molecule has 0 aromatic carbocycles. The minimum atomic E-state index is -0.0295. The van der Waals surface area contributed by atoms with E-state index < -0.39 is 0 Å². The second-order valence-electron chi connectivity index (χ2n) is 10.0. The second-order valence-corrected chi connectivity index (χ2v) is 11.1. The van der Waals surface area contributed by atoms with Crippen LogP contribution in [-0.2, 0) is 17.9 Å². The van der Waals surface area contributed by atoms with E-state index in [1.165, 1.54) is 25.0 Å². The molecule has 0 spiro atoms. The van der Waals surface area contributed by atoms with Gasteiger partial charge in [-0.1, -0.05) is 39.5 Å². The van der Waals surface area contributed by atoms with Gasteiger partial charge in [0.15, 0.2) is 5.16 Å². The van der Waals surface area contributed by atoms with Crippen LogP contribution in [-0.4, -0.2) is 68.1 Å². The molecule has 30 heavy (non-hydrogen) atoms. The molecule has 2 aromatic rings. The van der Waals surface area contributed by atoms with Crippen molar-refractivity contribution in [2.45, 2.75) is 62.9 Å². The van der Waals surface area contributed by atoms with E-state index in [0.29, 0.717) is 0 Å². The Hall–Kier alpha value is -1.67. The highest BCUT2D eigenvalue weighted by molar-refractivity contribution is 7.99. The zero-order valence-electron chi connectivity index (χ0n) is 19.1. The summed E-state index contributed by atoms with van der Waals surface area (Å²) in [6, 6.07) is 2.26. The molecule has 3 heterocycles. The molecule has 8 heteroatoms. The van der Waals surface area contributed by atoms with E-state index in [2.05, 4.69) is 53.8 Å². The Labute approximate surface area is 184 Å². The number of aryl methyl sites for hydroxylation is 1. The van der Waals surface area contributed by atoms with Crippen molar-refractivity contribution in [3.63, 3.8) is 0 Å². The first-order valence-electron chi connectivity index (χ1n) is 11.1. The van der Waals surface area contributed by atoms with Crippen LogP contribution in [0.4, 0.5) is 5.82 Å². The Morgan fingerprint density at radius 2 is 1.83 bits per heavy atom. The van der Waals surface area contributed by atoms with Crippen molar-refractivity contribution >= 4 is 17.6 Å². The van der Waals surface area contributed by atoms with Crippen molar-refractivity contribution in [2.75, 3.05) is 43.4 Å². The number of hydrogen-bond donors (Lipinski definition) is 0. The molecule has 0 N–H and O–H groups in total. The highest BCUT2D eigenvalue weighted by atomic mass is 32.2. The van der Waals surface area contributed by atoms with Crippen molar-refractivity contribution in [2.24, 2.45) is 7.05 Å². The highest BCUT2D eigenvalue weighted by Gasteiger charge is 2.41. The Morgan fingerprint density at radius 3 is 2.43 bits per heavy atom. The smallest absolute Gasteiger partial charge is 0.190 e. The number of anilines is 1. The summed E-state index contributed by atoms with van der Waals surface area (Å²) < 4.78 is 1.98. The van der Waals surface area contributed by atoms with Gasteiger partial charge in [0.05, 0.1) is 5.69 Å². The Balaban J connectivity index is 1.32. The first-order valence-corrected chi connectivity index (χ1v) is 12.1. The molecule has 7 nitrogen and oxygen atoms in total. The lowest BCUT2D eigenvalue weighted by Gasteiger charge is -2.36. The molecule has 1 saturated carbocycles. The van der Waals surface area contributed by atoms with Crippen LogP contribution < -0.4 is 4.90 Å². The second kappa shape index (κ2) is 8.46. The molecule has 0 radical (unpaired) electrons. The molecule has 2 aromatic heterocycles. The van der Waals surface area contributed by atoms with Crippen LogP contribution in [0.25, 0.3) is 0 Å². The maximum absolute atomic E-state index is 4.98. The maximum Gasteiger partial charge on any atom is 0.190 e. The van der Waals surface area contributed by atoms with E-state index in [-0.39, 0.29) is 10.8 Å². The van der Waals surface area contributed by atoms with E-state index in [0.717, 1.165) is 55.3 Å². The van der Waals surface area contributed by atoms with Crippen LogP contribution in [0.3, 0.4) is 0 Å². The lowest BCUT2D eigenvalue weighted by atomic mass is 9.94. The standard InChI is InChI=1S/C22H35N7S/c1-21(2,3)19-24-17(22(4)7-8-22)15-18(25-19)29-12-10-28(11-13-29)9-6-14-30-20-26-23-16-27(20)5/h15-16H,6-14H2,1-5H3. The van der Waals surface area contributed by atoms with E-state index in [4.69, 9.17) is 9.97 Å². The molecule has 1 saturated heterocycles. The Morgan fingerprint density at radius 1 is 1.10 bits per heavy atom. The van der Waals surface area contributed by atoms with E-state index in [1.807, 2.05) is 11.6 Å². The summed E-state index contributed by atoms with van der Waals surface area (Å²) in [7, 11) is 1.99. The molecule has 1 aliphatic carbocycles.